The Morgan fingerprint density at radius 3 is 2.65 bits per heavy atom. The highest BCUT2D eigenvalue weighted by Crippen LogP contribution is 2.34. The maximum atomic E-state index is 13.0. The Morgan fingerprint density at radius 2 is 1.91 bits per heavy atom. The molecule has 3 atom stereocenters. The molecule has 1 aromatic heterocycles. The predicted octanol–water partition coefficient (Wildman–Crippen LogP) is 4.84. The normalized spacial score (nSPS) is 17.9. The van der Waals surface area contributed by atoms with Gasteiger partial charge in [0.15, 0.2) is 6.10 Å². The summed E-state index contributed by atoms with van der Waals surface area (Å²) >= 11 is 6.34. The molecule has 1 saturated heterocycles. The summed E-state index contributed by atoms with van der Waals surface area (Å²) < 4.78 is 11.3. The maximum absolute atomic E-state index is 13.0. The molecule has 3 aromatic rings. The summed E-state index contributed by atoms with van der Waals surface area (Å²) in [5, 5.41) is 10.5. The second-order valence-corrected chi connectivity index (χ2v) is 9.10. The third-order valence-corrected chi connectivity index (χ3v) is 6.74. The maximum Gasteiger partial charge on any atom is 0.336 e. The standard InChI is InChI=1S/C26H26ClNO6/c1-15(26(31)32)17-6-5-11-28(14-17)25(30)16(2)33-18-9-10-20-21(13-24(29)34-23(20)12-18)19-7-3-4-8-22(19)27/h3-4,7-10,12-13,15-17H,5-6,11,14H2,1-2H3,(H,31,32)/t15?,16-,17+/m1/s1. The molecule has 1 fully saturated rings. The SMILES string of the molecule is CC(C(=O)O)[C@H]1CCCN(C(=O)[C@@H](C)Oc2ccc3c(-c4ccccc4Cl)cc(=O)oc3c2)C1. The lowest BCUT2D eigenvalue weighted by atomic mass is 9.86. The van der Waals surface area contributed by atoms with E-state index >= 15 is 0 Å². The van der Waals surface area contributed by atoms with Crippen molar-refractivity contribution in [2.24, 2.45) is 11.8 Å². The van der Waals surface area contributed by atoms with Crippen LogP contribution in [0.2, 0.25) is 5.02 Å². The third-order valence-electron chi connectivity index (χ3n) is 6.41. The zero-order chi connectivity index (χ0) is 24.4. The third kappa shape index (κ3) is 4.94. The van der Waals surface area contributed by atoms with Crippen molar-refractivity contribution in [1.29, 1.82) is 0 Å². The van der Waals surface area contributed by atoms with Crippen LogP contribution in [0.1, 0.15) is 26.7 Å². The molecular weight excluding hydrogens is 458 g/mol. The van der Waals surface area contributed by atoms with Crippen molar-refractivity contribution >= 4 is 34.4 Å². The number of carboxylic acids is 1. The number of carbonyl (C=O) groups excluding carboxylic acids is 1. The first-order valence-electron chi connectivity index (χ1n) is 11.3. The van der Waals surface area contributed by atoms with Crippen LogP contribution in [0, 0.1) is 11.8 Å². The molecule has 2 aromatic carbocycles. The number of likely N-dealkylation sites (tertiary alicyclic amines) is 1. The number of nitrogens with zero attached hydrogens (tertiary/aromatic N) is 1. The molecule has 7 nitrogen and oxygen atoms in total. The first-order chi connectivity index (χ1) is 16.2. The molecule has 178 valence electrons. The summed E-state index contributed by atoms with van der Waals surface area (Å²) in [6, 6.07) is 13.7. The second-order valence-electron chi connectivity index (χ2n) is 8.69. The molecule has 0 aliphatic carbocycles. The van der Waals surface area contributed by atoms with Gasteiger partial charge in [-0.3, -0.25) is 9.59 Å². The minimum Gasteiger partial charge on any atom is -0.481 e. The van der Waals surface area contributed by atoms with E-state index in [1.54, 1.807) is 43.0 Å². The number of hydrogen-bond donors (Lipinski definition) is 1. The van der Waals surface area contributed by atoms with E-state index in [0.717, 1.165) is 18.4 Å². The van der Waals surface area contributed by atoms with Crippen LogP contribution in [-0.2, 0) is 9.59 Å². The van der Waals surface area contributed by atoms with Crippen molar-refractivity contribution in [2.75, 3.05) is 13.1 Å². The van der Waals surface area contributed by atoms with Gasteiger partial charge < -0.3 is 19.2 Å². The largest absolute Gasteiger partial charge is 0.481 e. The van der Waals surface area contributed by atoms with Crippen molar-refractivity contribution in [1.82, 2.24) is 4.90 Å². The van der Waals surface area contributed by atoms with Crippen LogP contribution in [0.15, 0.2) is 57.7 Å². The molecule has 8 heteroatoms. The van der Waals surface area contributed by atoms with E-state index in [1.165, 1.54) is 6.07 Å². The fourth-order valence-electron chi connectivity index (χ4n) is 4.45. The lowest BCUT2D eigenvalue weighted by molar-refractivity contribution is -0.147. The van der Waals surface area contributed by atoms with Crippen LogP contribution in [-0.4, -0.2) is 41.1 Å². The minimum absolute atomic E-state index is 0.0828. The number of halogens is 1. The Hall–Kier alpha value is -3.32. The second kappa shape index (κ2) is 9.89. The Balaban J connectivity index is 1.54. The summed E-state index contributed by atoms with van der Waals surface area (Å²) in [6.45, 7) is 4.31. The Bertz CT molecular complexity index is 1290. The lowest BCUT2D eigenvalue weighted by Gasteiger charge is -2.35. The zero-order valence-corrected chi connectivity index (χ0v) is 19.7. The van der Waals surface area contributed by atoms with Crippen LogP contribution in [0.5, 0.6) is 5.75 Å². The number of carbonyl (C=O) groups is 2. The van der Waals surface area contributed by atoms with Gasteiger partial charge in [0.2, 0.25) is 0 Å². The molecule has 34 heavy (non-hydrogen) atoms. The van der Waals surface area contributed by atoms with Gasteiger partial charge in [-0.2, -0.15) is 0 Å². The van der Waals surface area contributed by atoms with Crippen molar-refractivity contribution in [3.8, 4) is 16.9 Å². The number of amides is 1. The number of aliphatic carboxylic acids is 1. The van der Waals surface area contributed by atoms with Gasteiger partial charge in [0.05, 0.1) is 5.92 Å². The molecule has 1 aliphatic rings. The highest BCUT2D eigenvalue weighted by molar-refractivity contribution is 6.33. The highest BCUT2D eigenvalue weighted by atomic mass is 35.5. The molecule has 1 aliphatic heterocycles. The number of hydrogen-bond acceptors (Lipinski definition) is 5. The lowest BCUT2D eigenvalue weighted by Crippen LogP contribution is -2.47. The highest BCUT2D eigenvalue weighted by Gasteiger charge is 2.32. The molecule has 0 spiro atoms. The fourth-order valence-corrected chi connectivity index (χ4v) is 4.69. The molecule has 0 radical (unpaired) electrons. The molecule has 1 unspecified atom stereocenters. The Kier molecular flexibility index (Phi) is 6.93. The van der Waals surface area contributed by atoms with E-state index < -0.39 is 23.6 Å². The molecule has 0 saturated carbocycles. The van der Waals surface area contributed by atoms with Crippen molar-refractivity contribution in [2.45, 2.75) is 32.8 Å². The number of rotatable bonds is 6. The van der Waals surface area contributed by atoms with Gasteiger partial charge in [-0.1, -0.05) is 36.7 Å². The van der Waals surface area contributed by atoms with Gasteiger partial charge in [0.25, 0.3) is 5.91 Å². The van der Waals surface area contributed by atoms with Crippen LogP contribution in [0.4, 0.5) is 0 Å². The molecule has 1 N–H and O–H groups in total. The number of fused-ring (bicyclic) bond motifs is 1. The fraction of sp³-hybridized carbons (Fsp3) is 0.346. The summed E-state index contributed by atoms with van der Waals surface area (Å²) in [5.74, 6) is -1.26. The van der Waals surface area contributed by atoms with Crippen LogP contribution >= 0.6 is 11.6 Å². The first kappa shape index (κ1) is 23.8. The van der Waals surface area contributed by atoms with Gasteiger partial charge >= 0.3 is 11.6 Å². The van der Waals surface area contributed by atoms with E-state index in [9.17, 15) is 19.5 Å². The van der Waals surface area contributed by atoms with Crippen LogP contribution in [0.3, 0.4) is 0 Å². The average Bonchev–Trinajstić information content (AvgIpc) is 2.82. The van der Waals surface area contributed by atoms with E-state index in [-0.39, 0.29) is 11.8 Å². The van der Waals surface area contributed by atoms with Gasteiger partial charge in [0.1, 0.15) is 11.3 Å². The van der Waals surface area contributed by atoms with Crippen molar-refractivity contribution in [3.63, 3.8) is 0 Å². The number of carboxylic acid groups (broad SMARTS) is 1. The monoisotopic (exact) mass is 483 g/mol. The topological polar surface area (TPSA) is 97.0 Å². The molecule has 0 bridgehead atoms. The van der Waals surface area contributed by atoms with Gasteiger partial charge in [-0.05, 0) is 43.9 Å². The Morgan fingerprint density at radius 1 is 1.15 bits per heavy atom. The van der Waals surface area contributed by atoms with Gasteiger partial charge in [-0.25, -0.2) is 4.79 Å². The molecule has 4 rings (SSSR count). The quantitative estimate of drug-likeness (QED) is 0.504. The van der Waals surface area contributed by atoms with E-state index in [4.69, 9.17) is 20.8 Å². The minimum atomic E-state index is -0.850. The molecular formula is C26H26ClNO6. The summed E-state index contributed by atoms with van der Waals surface area (Å²) in [7, 11) is 0. The smallest absolute Gasteiger partial charge is 0.336 e. The summed E-state index contributed by atoms with van der Waals surface area (Å²) in [5.41, 5.74) is 1.18. The summed E-state index contributed by atoms with van der Waals surface area (Å²) in [6.07, 6.45) is 0.756. The van der Waals surface area contributed by atoms with E-state index in [0.29, 0.717) is 40.4 Å². The number of ether oxygens (including phenoxy) is 1. The zero-order valence-electron chi connectivity index (χ0n) is 19.0. The summed E-state index contributed by atoms with van der Waals surface area (Å²) in [4.78, 5) is 38.2. The van der Waals surface area contributed by atoms with E-state index in [1.807, 2.05) is 18.2 Å². The van der Waals surface area contributed by atoms with Gasteiger partial charge in [-0.15, -0.1) is 0 Å². The predicted molar refractivity (Wildman–Crippen MR) is 129 cm³/mol. The van der Waals surface area contributed by atoms with E-state index in [2.05, 4.69) is 0 Å². The van der Waals surface area contributed by atoms with Gasteiger partial charge in [0, 0.05) is 46.8 Å². The Labute approximate surface area is 201 Å². The average molecular weight is 484 g/mol. The van der Waals surface area contributed by atoms with Crippen LogP contribution in [0.25, 0.3) is 22.1 Å². The number of benzene rings is 2. The number of piperidine rings is 1. The molecule has 2 heterocycles. The van der Waals surface area contributed by atoms with Crippen molar-refractivity contribution in [3.05, 3.63) is 64.0 Å². The van der Waals surface area contributed by atoms with Crippen molar-refractivity contribution < 1.29 is 23.8 Å². The first-order valence-corrected chi connectivity index (χ1v) is 11.6. The van der Waals surface area contributed by atoms with Crippen LogP contribution < -0.4 is 10.4 Å². The molecule has 1 amide bonds.